The van der Waals surface area contributed by atoms with Crippen LogP contribution in [0.3, 0.4) is 0 Å². The number of aromatic nitrogens is 2. The van der Waals surface area contributed by atoms with Crippen molar-refractivity contribution >= 4 is 44.7 Å². The second kappa shape index (κ2) is 5.68. The van der Waals surface area contributed by atoms with Crippen molar-refractivity contribution in [2.75, 3.05) is 11.4 Å². The van der Waals surface area contributed by atoms with Gasteiger partial charge in [0.25, 0.3) is 5.56 Å². The maximum Gasteiger partial charge on any atom is 0.262 e. The summed E-state index contributed by atoms with van der Waals surface area (Å²) in [6.07, 6.45) is 1.44. The van der Waals surface area contributed by atoms with Crippen molar-refractivity contribution in [2.24, 2.45) is 0 Å². The molecule has 7 heteroatoms. The largest absolute Gasteiger partial charge is 0.310 e. The van der Waals surface area contributed by atoms with Gasteiger partial charge in [-0.15, -0.1) is 11.3 Å². The van der Waals surface area contributed by atoms with E-state index < -0.39 is 0 Å². The van der Waals surface area contributed by atoms with Crippen molar-refractivity contribution in [3.63, 3.8) is 0 Å². The molecular formula is C18H16ClN3O2S. The summed E-state index contributed by atoms with van der Waals surface area (Å²) in [6.45, 7) is 4.62. The fourth-order valence-corrected chi connectivity index (χ4v) is 4.58. The van der Waals surface area contributed by atoms with Gasteiger partial charge >= 0.3 is 0 Å². The molecule has 0 fully saturated rings. The summed E-state index contributed by atoms with van der Waals surface area (Å²) >= 11 is 7.77. The van der Waals surface area contributed by atoms with E-state index in [1.54, 1.807) is 11.0 Å². The average molecular weight is 374 g/mol. The molecule has 1 aliphatic rings. The first kappa shape index (κ1) is 16.3. The van der Waals surface area contributed by atoms with E-state index in [1.807, 2.05) is 23.6 Å². The van der Waals surface area contributed by atoms with Crippen LogP contribution in [0.1, 0.15) is 19.4 Å². The van der Waals surface area contributed by atoms with Crippen LogP contribution in [0.25, 0.3) is 10.2 Å². The number of anilines is 1. The number of carbonyl (C=O) groups excluding carboxylic acids is 1. The number of benzene rings is 1. The summed E-state index contributed by atoms with van der Waals surface area (Å²) in [5.41, 5.74) is 1.37. The number of carbonyl (C=O) groups is 1. The van der Waals surface area contributed by atoms with Gasteiger partial charge in [-0.1, -0.05) is 31.5 Å². The molecule has 0 atom stereocenters. The Morgan fingerprint density at radius 3 is 2.96 bits per heavy atom. The summed E-state index contributed by atoms with van der Waals surface area (Å²) in [4.78, 5) is 32.1. The van der Waals surface area contributed by atoms with E-state index in [0.717, 1.165) is 11.3 Å². The molecule has 0 saturated heterocycles. The van der Waals surface area contributed by atoms with Crippen LogP contribution in [0.2, 0.25) is 5.02 Å². The average Bonchev–Trinajstić information content (AvgIpc) is 3.14. The Morgan fingerprint density at radius 1 is 1.36 bits per heavy atom. The number of thiophene rings is 1. The lowest BCUT2D eigenvalue weighted by atomic mass is 9.87. The van der Waals surface area contributed by atoms with Gasteiger partial charge in [0.2, 0.25) is 5.91 Å². The zero-order valence-corrected chi connectivity index (χ0v) is 15.4. The Bertz CT molecular complexity index is 1050. The molecule has 5 nitrogen and oxygen atoms in total. The molecule has 0 N–H and O–H groups in total. The van der Waals surface area contributed by atoms with Gasteiger partial charge in [-0.05, 0) is 23.6 Å². The molecule has 3 aromatic rings. The van der Waals surface area contributed by atoms with Gasteiger partial charge in [0, 0.05) is 28.2 Å². The quantitative estimate of drug-likeness (QED) is 0.691. The number of amides is 1. The van der Waals surface area contributed by atoms with Crippen molar-refractivity contribution in [3.05, 3.63) is 56.9 Å². The number of hydrogen-bond acceptors (Lipinski definition) is 4. The van der Waals surface area contributed by atoms with Crippen molar-refractivity contribution < 1.29 is 4.79 Å². The number of rotatable bonds is 2. The van der Waals surface area contributed by atoms with E-state index in [1.165, 1.54) is 22.2 Å². The van der Waals surface area contributed by atoms with Crippen LogP contribution in [0.15, 0.2) is 40.8 Å². The molecule has 1 aromatic carbocycles. The first-order valence-electron chi connectivity index (χ1n) is 7.90. The molecular weight excluding hydrogens is 358 g/mol. The summed E-state index contributed by atoms with van der Waals surface area (Å²) in [5.74, 6) is -0.146. The number of hydrogen-bond donors (Lipinski definition) is 0. The first-order valence-corrected chi connectivity index (χ1v) is 9.16. The highest BCUT2D eigenvalue weighted by Gasteiger charge is 2.39. The molecule has 0 saturated carbocycles. The lowest BCUT2D eigenvalue weighted by molar-refractivity contribution is -0.119. The summed E-state index contributed by atoms with van der Waals surface area (Å²) in [5, 5.41) is 3.04. The van der Waals surface area contributed by atoms with E-state index in [9.17, 15) is 9.59 Å². The normalized spacial score (nSPS) is 15.6. The van der Waals surface area contributed by atoms with Crippen LogP contribution in [0.4, 0.5) is 5.69 Å². The summed E-state index contributed by atoms with van der Waals surface area (Å²) in [7, 11) is 0. The van der Waals surface area contributed by atoms with Gasteiger partial charge in [-0.2, -0.15) is 0 Å². The molecule has 0 unspecified atom stereocenters. The molecule has 0 radical (unpaired) electrons. The summed E-state index contributed by atoms with van der Waals surface area (Å²) in [6, 6.07) is 7.32. The summed E-state index contributed by atoms with van der Waals surface area (Å²) < 4.78 is 1.37. The second-order valence-electron chi connectivity index (χ2n) is 6.81. The molecule has 0 aliphatic carbocycles. The smallest absolute Gasteiger partial charge is 0.262 e. The monoisotopic (exact) mass is 373 g/mol. The van der Waals surface area contributed by atoms with Crippen molar-refractivity contribution in [1.82, 2.24) is 9.55 Å². The SMILES string of the molecule is CC1(C)CN(C(=O)Cn2cnc3sccc3c2=O)c2cccc(Cl)c21. The molecule has 0 bridgehead atoms. The first-order chi connectivity index (χ1) is 11.9. The van der Waals surface area contributed by atoms with Gasteiger partial charge in [0.1, 0.15) is 11.4 Å². The van der Waals surface area contributed by atoms with Gasteiger partial charge in [-0.3, -0.25) is 14.2 Å². The van der Waals surface area contributed by atoms with Gasteiger partial charge in [-0.25, -0.2) is 4.98 Å². The van der Waals surface area contributed by atoms with Crippen LogP contribution < -0.4 is 10.5 Å². The van der Waals surface area contributed by atoms with Crippen molar-refractivity contribution in [3.8, 4) is 0 Å². The molecule has 1 aliphatic heterocycles. The number of halogens is 1. The van der Waals surface area contributed by atoms with Crippen LogP contribution in [0.5, 0.6) is 0 Å². The zero-order chi connectivity index (χ0) is 17.8. The predicted octanol–water partition coefficient (Wildman–Crippen LogP) is 3.44. The van der Waals surface area contributed by atoms with Gasteiger partial charge in [0.05, 0.1) is 11.7 Å². The predicted molar refractivity (Wildman–Crippen MR) is 101 cm³/mol. The van der Waals surface area contributed by atoms with Crippen LogP contribution >= 0.6 is 22.9 Å². The maximum atomic E-state index is 12.9. The van der Waals surface area contributed by atoms with Crippen molar-refractivity contribution in [2.45, 2.75) is 25.8 Å². The zero-order valence-electron chi connectivity index (χ0n) is 13.8. The fourth-order valence-electron chi connectivity index (χ4n) is 3.43. The third kappa shape index (κ3) is 2.56. The molecule has 0 spiro atoms. The number of fused-ring (bicyclic) bond motifs is 2. The van der Waals surface area contributed by atoms with E-state index in [-0.39, 0.29) is 23.4 Å². The van der Waals surface area contributed by atoms with E-state index >= 15 is 0 Å². The minimum atomic E-state index is -0.232. The Kier molecular flexibility index (Phi) is 3.70. The minimum Gasteiger partial charge on any atom is -0.310 e. The van der Waals surface area contributed by atoms with Crippen molar-refractivity contribution in [1.29, 1.82) is 0 Å². The van der Waals surface area contributed by atoms with E-state index in [2.05, 4.69) is 18.8 Å². The topological polar surface area (TPSA) is 55.2 Å². The highest BCUT2D eigenvalue weighted by molar-refractivity contribution is 7.16. The number of nitrogens with zero attached hydrogens (tertiary/aromatic N) is 3. The molecule has 2 aromatic heterocycles. The Labute approximate surface area is 153 Å². The van der Waals surface area contributed by atoms with Gasteiger partial charge in [0.15, 0.2) is 0 Å². The third-order valence-electron chi connectivity index (χ3n) is 4.57. The van der Waals surface area contributed by atoms with Gasteiger partial charge < -0.3 is 4.90 Å². The molecule has 25 heavy (non-hydrogen) atoms. The second-order valence-corrected chi connectivity index (χ2v) is 8.12. The highest BCUT2D eigenvalue weighted by atomic mass is 35.5. The van der Waals surface area contributed by atoms with Crippen LogP contribution in [-0.2, 0) is 16.8 Å². The Morgan fingerprint density at radius 2 is 2.16 bits per heavy atom. The van der Waals surface area contributed by atoms with Crippen LogP contribution in [-0.4, -0.2) is 22.0 Å². The standard InChI is InChI=1S/C18H16ClN3O2S/c1-18(2)9-22(13-5-3-4-12(19)15(13)18)14(23)8-21-10-20-16-11(17(21)24)6-7-25-16/h3-7,10H,8-9H2,1-2H3. The molecule has 3 heterocycles. The fraction of sp³-hybridized carbons (Fsp3) is 0.278. The molecule has 4 rings (SSSR count). The third-order valence-corrected chi connectivity index (χ3v) is 5.71. The lowest BCUT2D eigenvalue weighted by Crippen LogP contribution is -2.38. The lowest BCUT2D eigenvalue weighted by Gasteiger charge is -2.21. The van der Waals surface area contributed by atoms with E-state index in [0.29, 0.717) is 21.8 Å². The Hall–Kier alpha value is -2.18. The maximum absolute atomic E-state index is 12.9. The minimum absolute atomic E-state index is 0.0420. The molecule has 128 valence electrons. The van der Waals surface area contributed by atoms with E-state index in [4.69, 9.17) is 11.6 Å². The highest BCUT2D eigenvalue weighted by Crippen LogP contribution is 2.44. The molecule has 1 amide bonds. The Balaban J connectivity index is 1.69. The van der Waals surface area contributed by atoms with Crippen LogP contribution in [0, 0.1) is 0 Å².